The van der Waals surface area contributed by atoms with Crippen molar-refractivity contribution in [1.29, 1.82) is 0 Å². The number of carbonyl (C=O) groups excluding carboxylic acids is 1. The Balaban J connectivity index is 1.36. The number of benzene rings is 3. The summed E-state index contributed by atoms with van der Waals surface area (Å²) in [5.74, 6) is 1.48. The third kappa shape index (κ3) is 7.42. The molecule has 0 N–H and O–H groups in total. The van der Waals surface area contributed by atoms with Crippen molar-refractivity contribution in [3.8, 4) is 11.5 Å². The fourth-order valence-corrected chi connectivity index (χ4v) is 6.10. The molecule has 40 heavy (non-hydrogen) atoms. The molecule has 4 heteroatoms. The van der Waals surface area contributed by atoms with Crippen LogP contribution >= 0.6 is 0 Å². The van der Waals surface area contributed by atoms with Gasteiger partial charge in [-0.05, 0) is 97.3 Å². The average Bonchev–Trinajstić information content (AvgIpc) is 3.02. The minimum Gasteiger partial charge on any atom is -0.492 e. The molecule has 2 aliphatic rings. The van der Waals surface area contributed by atoms with Crippen LogP contribution in [0.15, 0.2) is 78.9 Å². The lowest BCUT2D eigenvalue weighted by Crippen LogP contribution is -2.33. The lowest BCUT2D eigenvalue weighted by atomic mass is 9.88. The van der Waals surface area contributed by atoms with E-state index in [1.54, 1.807) is 0 Å². The minimum atomic E-state index is -0.0855. The van der Waals surface area contributed by atoms with Gasteiger partial charge in [-0.15, -0.1) is 0 Å². The second-order valence-electron chi connectivity index (χ2n) is 11.1. The summed E-state index contributed by atoms with van der Waals surface area (Å²) in [4.78, 5) is 15.2. The van der Waals surface area contributed by atoms with Crippen molar-refractivity contribution in [2.75, 3.05) is 26.2 Å². The molecule has 1 aliphatic carbocycles. The molecule has 0 bridgehead atoms. The lowest BCUT2D eigenvalue weighted by molar-refractivity contribution is -0.139. The zero-order chi connectivity index (χ0) is 27.6. The number of allylic oxidation sites excluding steroid dienone is 1. The van der Waals surface area contributed by atoms with Crippen LogP contribution in [-0.4, -0.2) is 37.1 Å². The van der Waals surface area contributed by atoms with Gasteiger partial charge in [0.25, 0.3) is 0 Å². The summed E-state index contributed by atoms with van der Waals surface area (Å²) in [6, 6.07) is 27.2. The molecule has 1 saturated carbocycles. The van der Waals surface area contributed by atoms with E-state index in [1.165, 1.54) is 55.5 Å². The van der Waals surface area contributed by atoms with Crippen LogP contribution in [0.2, 0.25) is 0 Å². The maximum Gasteiger partial charge on any atom is 0.314 e. The van der Waals surface area contributed by atoms with Crippen molar-refractivity contribution in [3.05, 3.63) is 95.6 Å². The Hall–Kier alpha value is -3.37. The van der Waals surface area contributed by atoms with Gasteiger partial charge in [0.05, 0.1) is 5.92 Å². The highest BCUT2D eigenvalue weighted by atomic mass is 16.5. The molecule has 4 nitrogen and oxygen atoms in total. The quantitative estimate of drug-likeness (QED) is 0.148. The van der Waals surface area contributed by atoms with Gasteiger partial charge in [-0.25, -0.2) is 0 Å². The van der Waals surface area contributed by atoms with Crippen LogP contribution in [0.5, 0.6) is 11.5 Å². The monoisotopic (exact) mass is 537 g/mol. The topological polar surface area (TPSA) is 38.8 Å². The van der Waals surface area contributed by atoms with Crippen molar-refractivity contribution in [2.24, 2.45) is 5.92 Å². The number of hydrogen-bond acceptors (Lipinski definition) is 4. The molecule has 0 aromatic heterocycles. The molecule has 1 saturated heterocycles. The number of likely N-dealkylation sites (tertiary alicyclic amines) is 1. The maximum atomic E-state index is 12.7. The van der Waals surface area contributed by atoms with Crippen LogP contribution in [0.1, 0.15) is 81.4 Å². The van der Waals surface area contributed by atoms with Crippen molar-refractivity contribution in [2.45, 2.75) is 64.7 Å². The summed E-state index contributed by atoms with van der Waals surface area (Å²) in [6.07, 6.45) is 10.2. The molecule has 0 unspecified atom stereocenters. The van der Waals surface area contributed by atoms with E-state index in [4.69, 9.17) is 9.47 Å². The van der Waals surface area contributed by atoms with Gasteiger partial charge < -0.3 is 9.47 Å². The number of ether oxygens (including phenoxy) is 2. The molecule has 0 amide bonds. The largest absolute Gasteiger partial charge is 0.492 e. The van der Waals surface area contributed by atoms with E-state index < -0.39 is 0 Å². The Morgan fingerprint density at radius 3 is 1.95 bits per heavy atom. The molecule has 0 spiro atoms. The Morgan fingerprint density at radius 1 is 0.725 bits per heavy atom. The summed E-state index contributed by atoms with van der Waals surface area (Å²) in [5.41, 5.74) is 5.95. The highest BCUT2D eigenvalue weighted by Gasteiger charge is 2.23. The molecule has 0 radical (unpaired) electrons. The molecular formula is C36H43NO3. The average molecular weight is 538 g/mol. The first-order valence-corrected chi connectivity index (χ1v) is 15.3. The molecule has 5 rings (SSSR count). The van der Waals surface area contributed by atoms with Crippen LogP contribution in [-0.2, 0) is 4.79 Å². The highest BCUT2D eigenvalue weighted by molar-refractivity contribution is 5.98. The number of rotatable bonds is 10. The number of esters is 1. The number of nitrogens with zero attached hydrogens (tertiary/aromatic N) is 1. The molecule has 3 aromatic rings. The second-order valence-corrected chi connectivity index (χ2v) is 11.1. The van der Waals surface area contributed by atoms with Gasteiger partial charge in [0.15, 0.2) is 0 Å². The zero-order valence-corrected chi connectivity index (χ0v) is 23.9. The van der Waals surface area contributed by atoms with E-state index >= 15 is 0 Å². The summed E-state index contributed by atoms with van der Waals surface area (Å²) < 4.78 is 11.9. The first-order chi connectivity index (χ1) is 19.7. The summed E-state index contributed by atoms with van der Waals surface area (Å²) in [7, 11) is 0. The van der Waals surface area contributed by atoms with Gasteiger partial charge in [-0.3, -0.25) is 9.69 Å². The van der Waals surface area contributed by atoms with Crippen molar-refractivity contribution < 1.29 is 14.3 Å². The van der Waals surface area contributed by atoms with Gasteiger partial charge in [0, 0.05) is 6.54 Å². The van der Waals surface area contributed by atoms with E-state index in [9.17, 15) is 4.79 Å². The first kappa shape index (κ1) is 28.2. The molecule has 210 valence electrons. The summed E-state index contributed by atoms with van der Waals surface area (Å²) in [5, 5.41) is 0. The summed E-state index contributed by atoms with van der Waals surface area (Å²) >= 11 is 0. The first-order valence-electron chi connectivity index (χ1n) is 15.3. The highest BCUT2D eigenvalue weighted by Crippen LogP contribution is 2.36. The SMILES string of the molecule is CC/C(=C(\c1ccc(OCCN2CCCCC2)cc1)c1ccc(OC(=O)C2CCCCC2)cc1)c1ccccc1. The lowest BCUT2D eigenvalue weighted by Gasteiger charge is -2.26. The fraction of sp³-hybridized carbons (Fsp3) is 0.417. The van der Waals surface area contributed by atoms with Gasteiger partial charge in [0.1, 0.15) is 18.1 Å². The Bertz CT molecular complexity index is 1240. The van der Waals surface area contributed by atoms with E-state index in [2.05, 4.69) is 78.6 Å². The molecule has 0 atom stereocenters. The third-order valence-corrected chi connectivity index (χ3v) is 8.35. The number of hydrogen-bond donors (Lipinski definition) is 0. The molecule has 1 aliphatic heterocycles. The van der Waals surface area contributed by atoms with Crippen molar-refractivity contribution in [3.63, 3.8) is 0 Å². The zero-order valence-electron chi connectivity index (χ0n) is 23.9. The van der Waals surface area contributed by atoms with Gasteiger partial charge in [-0.1, -0.05) is 87.2 Å². The standard InChI is InChI=1S/C36H43NO3/c1-2-34(28-12-6-3-7-13-28)35(29-16-20-32(21-17-29)39-27-26-37-24-10-5-11-25-37)30-18-22-33(23-19-30)40-36(38)31-14-8-4-9-15-31/h3,6-7,12-13,16-23,31H,2,4-5,8-11,14-15,24-27H2,1H3/b35-34-. The second kappa shape index (κ2) is 14.3. The van der Waals surface area contributed by atoms with E-state index in [0.717, 1.165) is 55.5 Å². The van der Waals surface area contributed by atoms with Crippen LogP contribution in [0.25, 0.3) is 11.1 Å². The molecule has 2 fully saturated rings. The summed E-state index contributed by atoms with van der Waals surface area (Å²) in [6.45, 7) is 6.29. The fourth-order valence-electron chi connectivity index (χ4n) is 6.10. The normalized spacial score (nSPS) is 17.2. The van der Waals surface area contributed by atoms with Crippen LogP contribution in [0.4, 0.5) is 0 Å². The van der Waals surface area contributed by atoms with Gasteiger partial charge in [0.2, 0.25) is 0 Å². The van der Waals surface area contributed by atoms with Crippen LogP contribution in [0.3, 0.4) is 0 Å². The smallest absolute Gasteiger partial charge is 0.314 e. The maximum absolute atomic E-state index is 12.7. The third-order valence-electron chi connectivity index (χ3n) is 8.35. The van der Waals surface area contributed by atoms with E-state index in [-0.39, 0.29) is 11.9 Å². The van der Waals surface area contributed by atoms with Gasteiger partial charge in [-0.2, -0.15) is 0 Å². The number of carbonyl (C=O) groups is 1. The molecule has 3 aromatic carbocycles. The Kier molecular flexibility index (Phi) is 10.1. The Morgan fingerprint density at radius 2 is 1.32 bits per heavy atom. The van der Waals surface area contributed by atoms with Crippen LogP contribution < -0.4 is 9.47 Å². The Labute approximate surface area is 240 Å². The van der Waals surface area contributed by atoms with Crippen molar-refractivity contribution >= 4 is 17.1 Å². The van der Waals surface area contributed by atoms with E-state index in [0.29, 0.717) is 12.4 Å². The van der Waals surface area contributed by atoms with Gasteiger partial charge >= 0.3 is 5.97 Å². The van der Waals surface area contributed by atoms with Crippen LogP contribution in [0, 0.1) is 5.92 Å². The van der Waals surface area contributed by atoms with Crippen molar-refractivity contribution in [1.82, 2.24) is 4.90 Å². The molecular weight excluding hydrogens is 494 g/mol. The predicted molar refractivity (Wildman–Crippen MR) is 164 cm³/mol. The molecule has 1 heterocycles. The number of piperidine rings is 1. The van der Waals surface area contributed by atoms with E-state index in [1.807, 2.05) is 12.1 Å². The minimum absolute atomic E-state index is 0.0363. The predicted octanol–water partition coefficient (Wildman–Crippen LogP) is 8.41.